The summed E-state index contributed by atoms with van der Waals surface area (Å²) in [5.74, 6) is -1.45. The van der Waals surface area contributed by atoms with E-state index in [1.807, 2.05) is 0 Å². The molecule has 0 aliphatic heterocycles. The fraction of sp³-hybridized carbons (Fsp3) is 0.0769. The molecule has 0 saturated heterocycles. The number of benzene rings is 1. The van der Waals surface area contributed by atoms with Gasteiger partial charge in [-0.3, -0.25) is 0 Å². The Hall–Kier alpha value is -2.83. The van der Waals surface area contributed by atoms with E-state index in [2.05, 4.69) is 10.3 Å². The predicted molar refractivity (Wildman–Crippen MR) is 71.8 cm³/mol. The third-order valence-electron chi connectivity index (χ3n) is 2.64. The molecule has 0 aliphatic carbocycles. The van der Waals surface area contributed by atoms with Gasteiger partial charge in [0.1, 0.15) is 0 Å². The highest BCUT2D eigenvalue weighted by Crippen LogP contribution is 2.26. The van der Waals surface area contributed by atoms with E-state index >= 15 is 0 Å². The highest BCUT2D eigenvalue weighted by molar-refractivity contribution is 5.96. The number of carboxylic acids is 1. The van der Waals surface area contributed by atoms with E-state index in [-0.39, 0.29) is 22.8 Å². The number of nitrogen functional groups attached to an aromatic ring is 1. The van der Waals surface area contributed by atoms with Gasteiger partial charge in [0, 0.05) is 18.0 Å². The largest absolute Gasteiger partial charge is 0.494 e. The van der Waals surface area contributed by atoms with Gasteiger partial charge >= 0.3 is 5.97 Å². The number of aromatic nitrogens is 1. The lowest BCUT2D eigenvalue weighted by Crippen LogP contribution is -2.07. The number of carboxylic acid groups (broad SMARTS) is 1. The first-order chi connectivity index (χ1) is 9.52. The first-order valence-corrected chi connectivity index (χ1v) is 5.61. The minimum atomic E-state index is -1.16. The van der Waals surface area contributed by atoms with Crippen LogP contribution in [0, 0.1) is 5.82 Å². The van der Waals surface area contributed by atoms with E-state index in [0.29, 0.717) is 5.69 Å². The summed E-state index contributed by atoms with van der Waals surface area (Å²) in [6.45, 7) is 0. The number of hydrogen-bond acceptors (Lipinski definition) is 5. The number of nitrogens with zero attached hydrogens (tertiary/aromatic N) is 1. The van der Waals surface area contributed by atoms with Crippen LogP contribution in [0.2, 0.25) is 0 Å². The summed E-state index contributed by atoms with van der Waals surface area (Å²) in [4.78, 5) is 14.9. The zero-order valence-electron chi connectivity index (χ0n) is 10.6. The van der Waals surface area contributed by atoms with Crippen LogP contribution in [0.5, 0.6) is 5.75 Å². The van der Waals surface area contributed by atoms with Crippen LogP contribution in [-0.4, -0.2) is 23.2 Å². The average molecular weight is 277 g/mol. The minimum Gasteiger partial charge on any atom is -0.494 e. The zero-order chi connectivity index (χ0) is 14.7. The van der Waals surface area contributed by atoms with Crippen molar-refractivity contribution < 1.29 is 19.0 Å². The lowest BCUT2D eigenvalue weighted by Gasteiger charge is -2.11. The Kier molecular flexibility index (Phi) is 3.69. The van der Waals surface area contributed by atoms with Gasteiger partial charge in [-0.2, -0.15) is 0 Å². The lowest BCUT2D eigenvalue weighted by molar-refractivity contribution is 0.0698. The van der Waals surface area contributed by atoms with Crippen LogP contribution in [0.3, 0.4) is 0 Å². The molecule has 0 aliphatic rings. The molecule has 0 spiro atoms. The van der Waals surface area contributed by atoms with Crippen molar-refractivity contribution in [1.82, 2.24) is 4.98 Å². The van der Waals surface area contributed by atoms with E-state index in [9.17, 15) is 9.18 Å². The van der Waals surface area contributed by atoms with Crippen LogP contribution in [0.4, 0.5) is 21.6 Å². The van der Waals surface area contributed by atoms with E-state index < -0.39 is 11.8 Å². The fourth-order valence-corrected chi connectivity index (χ4v) is 1.64. The molecule has 0 bridgehead atoms. The molecule has 0 fully saturated rings. The summed E-state index contributed by atoms with van der Waals surface area (Å²) < 4.78 is 18.4. The van der Waals surface area contributed by atoms with Gasteiger partial charge in [-0.05, 0) is 18.2 Å². The van der Waals surface area contributed by atoms with Gasteiger partial charge in [0.2, 0.25) is 0 Å². The molecule has 1 heterocycles. The Morgan fingerprint density at radius 1 is 1.45 bits per heavy atom. The number of hydrogen-bond donors (Lipinski definition) is 3. The second-order valence-electron chi connectivity index (χ2n) is 3.90. The predicted octanol–water partition coefficient (Wildman–Crippen LogP) is 2.25. The fourth-order valence-electron chi connectivity index (χ4n) is 1.64. The third-order valence-corrected chi connectivity index (χ3v) is 2.64. The van der Waals surface area contributed by atoms with Crippen LogP contribution in [0.15, 0.2) is 30.5 Å². The van der Waals surface area contributed by atoms with Gasteiger partial charge in [0.25, 0.3) is 0 Å². The van der Waals surface area contributed by atoms with Crippen LogP contribution in [-0.2, 0) is 0 Å². The van der Waals surface area contributed by atoms with E-state index in [0.717, 1.165) is 0 Å². The molecular formula is C13H12FN3O3. The molecule has 0 radical (unpaired) electrons. The van der Waals surface area contributed by atoms with Crippen molar-refractivity contribution in [1.29, 1.82) is 0 Å². The van der Waals surface area contributed by atoms with Crippen molar-refractivity contribution in [3.05, 3.63) is 41.8 Å². The number of anilines is 3. The lowest BCUT2D eigenvalue weighted by atomic mass is 10.2. The average Bonchev–Trinajstić information content (AvgIpc) is 2.41. The van der Waals surface area contributed by atoms with Crippen molar-refractivity contribution >= 4 is 23.2 Å². The molecule has 20 heavy (non-hydrogen) atoms. The Morgan fingerprint density at radius 2 is 2.20 bits per heavy atom. The normalized spacial score (nSPS) is 10.1. The Balaban J connectivity index is 2.33. The van der Waals surface area contributed by atoms with E-state index in [1.54, 1.807) is 6.07 Å². The summed E-state index contributed by atoms with van der Waals surface area (Å²) in [5.41, 5.74) is 5.99. The Labute approximate surface area is 114 Å². The quantitative estimate of drug-likeness (QED) is 0.793. The van der Waals surface area contributed by atoms with Crippen molar-refractivity contribution in [3.8, 4) is 5.75 Å². The molecule has 1 aromatic heterocycles. The van der Waals surface area contributed by atoms with E-state index in [1.165, 1.54) is 31.5 Å². The number of rotatable bonds is 4. The molecule has 4 N–H and O–H groups in total. The molecule has 0 atom stereocenters. The number of carbonyl (C=O) groups is 1. The number of ether oxygens (including phenoxy) is 1. The SMILES string of the molecule is COc1ccc(Nc2nccc(C(=O)O)c2N)cc1F. The Morgan fingerprint density at radius 3 is 2.80 bits per heavy atom. The molecule has 0 amide bonds. The number of halogens is 1. The third kappa shape index (κ3) is 2.61. The standard InChI is InChI=1S/C13H12FN3O3/c1-20-10-3-2-7(6-9(10)14)17-12-11(15)8(13(18)19)4-5-16-12/h2-6H,15H2,1H3,(H,16,17)(H,18,19). The monoisotopic (exact) mass is 277 g/mol. The number of pyridine rings is 1. The number of nitrogens with two attached hydrogens (primary N) is 1. The molecule has 2 rings (SSSR count). The maximum atomic E-state index is 13.6. The Bertz CT molecular complexity index is 661. The van der Waals surface area contributed by atoms with Gasteiger partial charge in [0.05, 0.1) is 18.4 Å². The summed E-state index contributed by atoms with van der Waals surface area (Å²) in [5, 5.41) is 11.7. The summed E-state index contributed by atoms with van der Waals surface area (Å²) in [6.07, 6.45) is 1.31. The molecule has 104 valence electrons. The van der Waals surface area contributed by atoms with E-state index in [4.69, 9.17) is 15.6 Å². The first-order valence-electron chi connectivity index (χ1n) is 5.61. The molecule has 7 heteroatoms. The van der Waals surface area contributed by atoms with Crippen LogP contribution in [0.25, 0.3) is 0 Å². The molecule has 1 aromatic carbocycles. The van der Waals surface area contributed by atoms with Crippen LogP contribution in [0.1, 0.15) is 10.4 Å². The second kappa shape index (κ2) is 5.43. The molecular weight excluding hydrogens is 265 g/mol. The smallest absolute Gasteiger partial charge is 0.337 e. The summed E-state index contributed by atoms with van der Waals surface area (Å²) >= 11 is 0. The second-order valence-corrected chi connectivity index (χ2v) is 3.90. The summed E-state index contributed by atoms with van der Waals surface area (Å²) in [7, 11) is 1.36. The maximum absolute atomic E-state index is 13.6. The van der Waals surface area contributed by atoms with Crippen LogP contribution >= 0.6 is 0 Å². The number of aromatic carboxylic acids is 1. The van der Waals surface area contributed by atoms with Gasteiger partial charge < -0.3 is 20.9 Å². The molecule has 0 unspecified atom stereocenters. The molecule has 2 aromatic rings. The van der Waals surface area contributed by atoms with Gasteiger partial charge in [0.15, 0.2) is 17.4 Å². The van der Waals surface area contributed by atoms with Gasteiger partial charge in [-0.15, -0.1) is 0 Å². The maximum Gasteiger partial charge on any atom is 0.337 e. The number of nitrogens with one attached hydrogen (secondary N) is 1. The van der Waals surface area contributed by atoms with Crippen molar-refractivity contribution in [2.24, 2.45) is 0 Å². The highest BCUT2D eigenvalue weighted by Gasteiger charge is 2.13. The van der Waals surface area contributed by atoms with Crippen molar-refractivity contribution in [3.63, 3.8) is 0 Å². The summed E-state index contributed by atoms with van der Waals surface area (Å²) in [6, 6.07) is 5.50. The van der Waals surface area contributed by atoms with Crippen molar-refractivity contribution in [2.45, 2.75) is 0 Å². The minimum absolute atomic E-state index is 0.0174. The van der Waals surface area contributed by atoms with Gasteiger partial charge in [-0.1, -0.05) is 0 Å². The molecule has 0 saturated carbocycles. The topological polar surface area (TPSA) is 97.5 Å². The molecule has 6 nitrogen and oxygen atoms in total. The van der Waals surface area contributed by atoms with Crippen molar-refractivity contribution in [2.75, 3.05) is 18.2 Å². The zero-order valence-corrected chi connectivity index (χ0v) is 10.6. The number of methoxy groups -OCH3 is 1. The first kappa shape index (κ1) is 13.6. The van der Waals surface area contributed by atoms with Crippen LogP contribution < -0.4 is 15.8 Å². The highest BCUT2D eigenvalue weighted by atomic mass is 19.1. The van der Waals surface area contributed by atoms with Gasteiger partial charge in [-0.25, -0.2) is 14.2 Å².